The Hall–Kier alpha value is -2.09. The van der Waals surface area contributed by atoms with Crippen molar-refractivity contribution in [1.82, 2.24) is 5.32 Å². The quantitative estimate of drug-likeness (QED) is 0.694. The molecule has 0 bridgehead atoms. The van der Waals surface area contributed by atoms with Crippen LogP contribution in [0.4, 0.5) is 10.5 Å². The maximum atomic E-state index is 11.7. The zero-order valence-corrected chi connectivity index (χ0v) is 13.1. The van der Waals surface area contributed by atoms with E-state index in [4.69, 9.17) is 5.11 Å². The number of carbonyl (C=O) groups is 2. The van der Waals surface area contributed by atoms with E-state index in [0.717, 1.165) is 9.13 Å². The SMILES string of the molecule is O=C(NCc1cccc(C(=O)O)c1)Nc1ccc(I)cc1. The van der Waals surface area contributed by atoms with Crippen LogP contribution in [0.1, 0.15) is 15.9 Å². The van der Waals surface area contributed by atoms with Gasteiger partial charge in [-0.25, -0.2) is 9.59 Å². The number of benzene rings is 2. The number of urea groups is 1. The molecule has 108 valence electrons. The monoisotopic (exact) mass is 396 g/mol. The highest BCUT2D eigenvalue weighted by Gasteiger charge is 2.05. The molecule has 0 aliphatic rings. The second kappa shape index (κ2) is 7.07. The standard InChI is InChI=1S/C15H13IN2O3/c16-12-4-6-13(7-5-12)18-15(21)17-9-10-2-1-3-11(8-10)14(19)20/h1-8H,9H2,(H,19,20)(H2,17,18,21). The first-order valence-corrected chi connectivity index (χ1v) is 7.25. The first kappa shape index (κ1) is 15.3. The van der Waals surface area contributed by atoms with Crippen LogP contribution >= 0.6 is 22.6 Å². The van der Waals surface area contributed by atoms with Gasteiger partial charge in [-0.1, -0.05) is 12.1 Å². The van der Waals surface area contributed by atoms with Gasteiger partial charge < -0.3 is 15.7 Å². The average molecular weight is 396 g/mol. The number of carboxylic acids is 1. The van der Waals surface area contributed by atoms with E-state index in [1.54, 1.807) is 12.1 Å². The Bertz CT molecular complexity index is 656. The zero-order chi connectivity index (χ0) is 15.2. The van der Waals surface area contributed by atoms with Crippen LogP contribution in [0.2, 0.25) is 0 Å². The largest absolute Gasteiger partial charge is 0.478 e. The van der Waals surface area contributed by atoms with E-state index in [0.29, 0.717) is 5.69 Å². The van der Waals surface area contributed by atoms with Crippen LogP contribution < -0.4 is 10.6 Å². The Balaban J connectivity index is 1.90. The van der Waals surface area contributed by atoms with Gasteiger partial charge in [0.2, 0.25) is 0 Å². The molecule has 21 heavy (non-hydrogen) atoms. The maximum Gasteiger partial charge on any atom is 0.335 e. The van der Waals surface area contributed by atoms with Gasteiger partial charge in [0.25, 0.3) is 0 Å². The minimum atomic E-state index is -0.986. The van der Waals surface area contributed by atoms with E-state index < -0.39 is 5.97 Å². The third kappa shape index (κ3) is 4.75. The minimum absolute atomic E-state index is 0.201. The highest BCUT2D eigenvalue weighted by Crippen LogP contribution is 2.11. The van der Waals surface area contributed by atoms with Crippen molar-refractivity contribution in [3.8, 4) is 0 Å². The topological polar surface area (TPSA) is 78.4 Å². The summed E-state index contributed by atoms with van der Waals surface area (Å²) < 4.78 is 1.09. The zero-order valence-electron chi connectivity index (χ0n) is 11.0. The van der Waals surface area contributed by atoms with Crippen LogP contribution in [0.15, 0.2) is 48.5 Å². The summed E-state index contributed by atoms with van der Waals surface area (Å²) in [6, 6.07) is 13.5. The van der Waals surface area contributed by atoms with Crippen molar-refractivity contribution in [2.45, 2.75) is 6.54 Å². The van der Waals surface area contributed by atoms with Crippen LogP contribution in [-0.2, 0) is 6.54 Å². The fraction of sp³-hybridized carbons (Fsp3) is 0.0667. The highest BCUT2D eigenvalue weighted by molar-refractivity contribution is 14.1. The normalized spacial score (nSPS) is 9.95. The molecular weight excluding hydrogens is 383 g/mol. The van der Waals surface area contributed by atoms with E-state index in [1.165, 1.54) is 12.1 Å². The lowest BCUT2D eigenvalue weighted by Crippen LogP contribution is -2.28. The number of anilines is 1. The van der Waals surface area contributed by atoms with Gasteiger partial charge in [0.05, 0.1) is 5.56 Å². The Labute approximate surface area is 135 Å². The number of hydrogen-bond donors (Lipinski definition) is 3. The molecule has 0 saturated heterocycles. The summed E-state index contributed by atoms with van der Waals surface area (Å²) in [5, 5.41) is 14.3. The molecule has 0 fully saturated rings. The van der Waals surface area contributed by atoms with Gasteiger partial charge in [0.1, 0.15) is 0 Å². The Kier molecular flexibility index (Phi) is 5.15. The van der Waals surface area contributed by atoms with Crippen LogP contribution in [0.5, 0.6) is 0 Å². The Morgan fingerprint density at radius 2 is 1.81 bits per heavy atom. The minimum Gasteiger partial charge on any atom is -0.478 e. The van der Waals surface area contributed by atoms with Gasteiger partial charge in [-0.05, 0) is 64.6 Å². The molecule has 2 aromatic rings. The molecule has 6 heteroatoms. The van der Waals surface area contributed by atoms with Gasteiger partial charge >= 0.3 is 12.0 Å². The van der Waals surface area contributed by atoms with E-state index in [-0.39, 0.29) is 18.1 Å². The first-order chi connectivity index (χ1) is 10.0. The van der Waals surface area contributed by atoms with Crippen molar-refractivity contribution in [2.24, 2.45) is 0 Å². The lowest BCUT2D eigenvalue weighted by atomic mass is 10.1. The summed E-state index contributed by atoms with van der Waals surface area (Å²) in [7, 11) is 0. The summed E-state index contributed by atoms with van der Waals surface area (Å²) in [4.78, 5) is 22.6. The van der Waals surface area contributed by atoms with E-state index in [2.05, 4.69) is 33.2 Å². The van der Waals surface area contributed by atoms with E-state index in [1.807, 2.05) is 24.3 Å². The van der Waals surface area contributed by atoms with Crippen molar-refractivity contribution in [3.63, 3.8) is 0 Å². The van der Waals surface area contributed by atoms with Crippen molar-refractivity contribution in [1.29, 1.82) is 0 Å². The number of carboxylic acid groups (broad SMARTS) is 1. The van der Waals surface area contributed by atoms with Gasteiger partial charge in [0, 0.05) is 15.8 Å². The summed E-state index contributed by atoms with van der Waals surface area (Å²) in [5.41, 5.74) is 1.63. The first-order valence-electron chi connectivity index (χ1n) is 6.17. The summed E-state index contributed by atoms with van der Waals surface area (Å²) >= 11 is 2.19. The second-order valence-corrected chi connectivity index (χ2v) is 5.57. The Morgan fingerprint density at radius 3 is 2.48 bits per heavy atom. The molecule has 2 aromatic carbocycles. The summed E-state index contributed by atoms with van der Waals surface area (Å²) in [6.45, 7) is 0.261. The smallest absolute Gasteiger partial charge is 0.335 e. The fourth-order valence-corrected chi connectivity index (χ4v) is 2.06. The molecule has 0 aromatic heterocycles. The number of amides is 2. The van der Waals surface area contributed by atoms with Crippen molar-refractivity contribution in [2.75, 3.05) is 5.32 Å². The molecule has 0 atom stereocenters. The lowest BCUT2D eigenvalue weighted by molar-refractivity contribution is 0.0696. The molecule has 0 saturated carbocycles. The number of aromatic carboxylic acids is 1. The number of carbonyl (C=O) groups excluding carboxylic acids is 1. The van der Waals surface area contributed by atoms with E-state index >= 15 is 0 Å². The molecule has 0 heterocycles. The third-order valence-electron chi connectivity index (χ3n) is 2.73. The molecule has 0 aliphatic carbocycles. The molecule has 0 spiro atoms. The number of nitrogens with one attached hydrogen (secondary N) is 2. The van der Waals surface area contributed by atoms with Gasteiger partial charge in [-0.2, -0.15) is 0 Å². The van der Waals surface area contributed by atoms with Crippen molar-refractivity contribution < 1.29 is 14.7 Å². The van der Waals surface area contributed by atoms with Crippen LogP contribution in [0.3, 0.4) is 0 Å². The number of halogens is 1. The fourth-order valence-electron chi connectivity index (χ4n) is 1.71. The lowest BCUT2D eigenvalue weighted by Gasteiger charge is -2.08. The summed E-state index contributed by atoms with van der Waals surface area (Å²) in [6.07, 6.45) is 0. The van der Waals surface area contributed by atoms with Gasteiger partial charge in [0.15, 0.2) is 0 Å². The summed E-state index contributed by atoms with van der Waals surface area (Å²) in [5.74, 6) is -0.986. The van der Waals surface area contributed by atoms with Crippen LogP contribution in [0, 0.1) is 3.57 Å². The Morgan fingerprint density at radius 1 is 1.10 bits per heavy atom. The van der Waals surface area contributed by atoms with Crippen molar-refractivity contribution in [3.05, 3.63) is 63.2 Å². The van der Waals surface area contributed by atoms with Gasteiger partial charge in [-0.3, -0.25) is 0 Å². The average Bonchev–Trinajstić information content (AvgIpc) is 2.48. The maximum absolute atomic E-state index is 11.7. The highest BCUT2D eigenvalue weighted by atomic mass is 127. The molecule has 2 rings (SSSR count). The second-order valence-electron chi connectivity index (χ2n) is 4.32. The molecule has 5 nitrogen and oxygen atoms in total. The molecular formula is C15H13IN2O3. The number of rotatable bonds is 4. The van der Waals surface area contributed by atoms with Crippen LogP contribution in [-0.4, -0.2) is 17.1 Å². The predicted octanol–water partition coefficient (Wildman–Crippen LogP) is 3.31. The molecule has 0 radical (unpaired) electrons. The van der Waals surface area contributed by atoms with Crippen LogP contribution in [0.25, 0.3) is 0 Å². The number of hydrogen-bond acceptors (Lipinski definition) is 2. The van der Waals surface area contributed by atoms with Crippen molar-refractivity contribution >= 4 is 40.3 Å². The molecule has 3 N–H and O–H groups in total. The predicted molar refractivity (Wildman–Crippen MR) is 88.4 cm³/mol. The van der Waals surface area contributed by atoms with Gasteiger partial charge in [-0.15, -0.1) is 0 Å². The van der Waals surface area contributed by atoms with E-state index in [9.17, 15) is 9.59 Å². The third-order valence-corrected chi connectivity index (χ3v) is 3.45. The molecule has 2 amide bonds. The molecule has 0 aliphatic heterocycles. The molecule has 0 unspecified atom stereocenters.